The standard InChI is InChI=1S/C16H30N2O2/c1-5-11(2)15-13-10-16(4,12(3)19)9-7-6-8-14(13)18(20)17-15/h11-14,19-20H,5-10H2,1-4H3. The van der Waals surface area contributed by atoms with Gasteiger partial charge in [-0.3, -0.25) is 5.21 Å². The van der Waals surface area contributed by atoms with E-state index >= 15 is 0 Å². The molecule has 0 saturated heterocycles. The number of aliphatic hydroxyl groups is 1. The molecule has 1 saturated carbocycles. The molecule has 5 unspecified atom stereocenters. The second-order valence-electron chi connectivity index (χ2n) is 7.11. The maximum absolute atomic E-state index is 10.2. The SMILES string of the molecule is CCC(C)C1=NN(O)C2CCCCC(C)(C(C)O)CC12. The summed E-state index contributed by atoms with van der Waals surface area (Å²) < 4.78 is 0. The van der Waals surface area contributed by atoms with Gasteiger partial charge in [-0.1, -0.05) is 33.6 Å². The van der Waals surface area contributed by atoms with Crippen molar-refractivity contribution in [3.05, 3.63) is 0 Å². The Morgan fingerprint density at radius 2 is 2.10 bits per heavy atom. The van der Waals surface area contributed by atoms with E-state index in [1.165, 1.54) is 5.17 Å². The van der Waals surface area contributed by atoms with Gasteiger partial charge in [-0.05, 0) is 43.9 Å². The molecule has 0 aromatic carbocycles. The molecule has 0 spiro atoms. The topological polar surface area (TPSA) is 56.1 Å². The molecule has 0 amide bonds. The minimum absolute atomic E-state index is 0.0667. The number of hydroxylamine groups is 1. The number of aliphatic hydroxyl groups excluding tert-OH is 1. The van der Waals surface area contributed by atoms with E-state index < -0.39 is 0 Å². The van der Waals surface area contributed by atoms with Gasteiger partial charge < -0.3 is 5.11 Å². The van der Waals surface area contributed by atoms with Crippen LogP contribution >= 0.6 is 0 Å². The van der Waals surface area contributed by atoms with Crippen LogP contribution in [0, 0.1) is 17.3 Å². The van der Waals surface area contributed by atoms with Gasteiger partial charge in [-0.25, -0.2) is 0 Å². The van der Waals surface area contributed by atoms with Gasteiger partial charge >= 0.3 is 0 Å². The van der Waals surface area contributed by atoms with Crippen LogP contribution in [0.3, 0.4) is 0 Å². The highest BCUT2D eigenvalue weighted by Gasteiger charge is 2.44. The van der Waals surface area contributed by atoms with Crippen molar-refractivity contribution >= 4 is 5.71 Å². The fourth-order valence-electron chi connectivity index (χ4n) is 3.72. The molecule has 4 heteroatoms. The van der Waals surface area contributed by atoms with Crippen molar-refractivity contribution in [1.29, 1.82) is 0 Å². The van der Waals surface area contributed by atoms with Crippen LogP contribution in [0.5, 0.6) is 0 Å². The summed E-state index contributed by atoms with van der Waals surface area (Å²) in [6.45, 7) is 8.45. The molecular formula is C16H30N2O2. The Morgan fingerprint density at radius 3 is 2.70 bits per heavy atom. The van der Waals surface area contributed by atoms with Crippen LogP contribution in [0.1, 0.15) is 66.2 Å². The molecule has 1 heterocycles. The average molecular weight is 282 g/mol. The Kier molecular flexibility index (Phi) is 4.75. The fourth-order valence-corrected chi connectivity index (χ4v) is 3.72. The lowest BCUT2D eigenvalue weighted by Crippen LogP contribution is -2.41. The zero-order valence-corrected chi connectivity index (χ0v) is 13.3. The first-order valence-corrected chi connectivity index (χ1v) is 8.13. The second kappa shape index (κ2) is 6.02. The molecule has 5 atom stereocenters. The van der Waals surface area contributed by atoms with Crippen LogP contribution in [0.25, 0.3) is 0 Å². The zero-order chi connectivity index (χ0) is 14.9. The van der Waals surface area contributed by atoms with E-state index in [9.17, 15) is 10.3 Å². The molecule has 0 radical (unpaired) electrons. The zero-order valence-electron chi connectivity index (χ0n) is 13.3. The van der Waals surface area contributed by atoms with Gasteiger partial charge in [-0.2, -0.15) is 10.3 Å². The molecule has 116 valence electrons. The fraction of sp³-hybridized carbons (Fsp3) is 0.938. The summed E-state index contributed by atoms with van der Waals surface area (Å²) >= 11 is 0. The molecule has 4 nitrogen and oxygen atoms in total. The van der Waals surface area contributed by atoms with E-state index in [1.54, 1.807) is 0 Å². The summed E-state index contributed by atoms with van der Waals surface area (Å²) in [6.07, 6.45) is 5.94. The monoisotopic (exact) mass is 282 g/mol. The third kappa shape index (κ3) is 2.86. The summed E-state index contributed by atoms with van der Waals surface area (Å²) in [5.74, 6) is 0.687. The summed E-state index contributed by atoms with van der Waals surface area (Å²) in [5.41, 5.74) is 1.07. The van der Waals surface area contributed by atoms with Crippen LogP contribution in [0.2, 0.25) is 0 Å². The van der Waals surface area contributed by atoms with Crippen LogP contribution in [-0.4, -0.2) is 33.3 Å². The number of hydrogen-bond donors (Lipinski definition) is 2. The molecule has 2 aliphatic rings. The van der Waals surface area contributed by atoms with Crippen LogP contribution < -0.4 is 0 Å². The molecule has 2 rings (SSSR count). The predicted molar refractivity (Wildman–Crippen MR) is 80.7 cm³/mol. The first-order valence-electron chi connectivity index (χ1n) is 8.13. The molecule has 20 heavy (non-hydrogen) atoms. The first-order chi connectivity index (χ1) is 9.39. The van der Waals surface area contributed by atoms with Gasteiger partial charge in [0.25, 0.3) is 0 Å². The quantitative estimate of drug-likeness (QED) is 0.834. The van der Waals surface area contributed by atoms with Gasteiger partial charge in [0.15, 0.2) is 0 Å². The average Bonchev–Trinajstić information content (AvgIpc) is 2.67. The third-order valence-electron chi connectivity index (χ3n) is 5.67. The highest BCUT2D eigenvalue weighted by atomic mass is 16.5. The van der Waals surface area contributed by atoms with E-state index in [1.807, 2.05) is 6.92 Å². The highest BCUT2D eigenvalue weighted by Crippen LogP contribution is 2.44. The summed E-state index contributed by atoms with van der Waals surface area (Å²) in [6, 6.07) is 0.109. The number of hydrogen-bond acceptors (Lipinski definition) is 4. The largest absolute Gasteiger partial charge is 0.393 e. The molecule has 0 aromatic heterocycles. The van der Waals surface area contributed by atoms with E-state index in [-0.39, 0.29) is 23.5 Å². The maximum Gasteiger partial charge on any atom is 0.0836 e. The second-order valence-corrected chi connectivity index (χ2v) is 7.11. The molecule has 1 aliphatic carbocycles. The Balaban J connectivity index is 2.26. The molecule has 1 fully saturated rings. The van der Waals surface area contributed by atoms with Crippen molar-refractivity contribution in [3.63, 3.8) is 0 Å². The number of nitrogens with zero attached hydrogens (tertiary/aromatic N) is 2. The molecule has 0 aromatic rings. The van der Waals surface area contributed by atoms with E-state index in [2.05, 4.69) is 25.9 Å². The van der Waals surface area contributed by atoms with Crippen LogP contribution in [0.4, 0.5) is 0 Å². The lowest BCUT2D eigenvalue weighted by molar-refractivity contribution is -0.131. The molecule has 2 N–H and O–H groups in total. The predicted octanol–water partition coefficient (Wildman–Crippen LogP) is 3.43. The van der Waals surface area contributed by atoms with Crippen molar-refractivity contribution in [2.45, 2.75) is 78.4 Å². The van der Waals surface area contributed by atoms with Crippen molar-refractivity contribution in [1.82, 2.24) is 5.17 Å². The van der Waals surface area contributed by atoms with Gasteiger partial charge in [-0.15, -0.1) is 0 Å². The minimum Gasteiger partial charge on any atom is -0.393 e. The maximum atomic E-state index is 10.2. The van der Waals surface area contributed by atoms with Gasteiger partial charge in [0.1, 0.15) is 0 Å². The van der Waals surface area contributed by atoms with Crippen molar-refractivity contribution in [2.24, 2.45) is 22.4 Å². The number of hydrazone groups is 1. The number of rotatable bonds is 3. The highest BCUT2D eigenvalue weighted by molar-refractivity contribution is 5.90. The Bertz CT molecular complexity index is 369. The molecule has 1 aliphatic heterocycles. The lowest BCUT2D eigenvalue weighted by Gasteiger charge is -2.39. The van der Waals surface area contributed by atoms with E-state index in [4.69, 9.17) is 0 Å². The summed E-state index contributed by atoms with van der Waals surface area (Å²) in [5, 5.41) is 26.0. The Morgan fingerprint density at radius 1 is 1.40 bits per heavy atom. The first kappa shape index (κ1) is 15.8. The van der Waals surface area contributed by atoms with Gasteiger partial charge in [0.05, 0.1) is 12.1 Å². The minimum atomic E-state index is -0.313. The van der Waals surface area contributed by atoms with E-state index in [0.717, 1.165) is 44.2 Å². The van der Waals surface area contributed by atoms with Crippen LogP contribution in [0.15, 0.2) is 5.10 Å². The van der Waals surface area contributed by atoms with Crippen molar-refractivity contribution in [2.75, 3.05) is 0 Å². The Hall–Kier alpha value is -0.610. The smallest absolute Gasteiger partial charge is 0.0836 e. The van der Waals surface area contributed by atoms with Crippen LogP contribution in [-0.2, 0) is 0 Å². The number of fused-ring (bicyclic) bond motifs is 1. The summed E-state index contributed by atoms with van der Waals surface area (Å²) in [7, 11) is 0. The molecule has 0 bridgehead atoms. The Labute approximate surface area is 122 Å². The summed E-state index contributed by atoms with van der Waals surface area (Å²) in [4.78, 5) is 0. The van der Waals surface area contributed by atoms with Gasteiger partial charge in [0.2, 0.25) is 0 Å². The van der Waals surface area contributed by atoms with Crippen molar-refractivity contribution in [3.8, 4) is 0 Å². The van der Waals surface area contributed by atoms with E-state index in [0.29, 0.717) is 5.92 Å². The van der Waals surface area contributed by atoms with Gasteiger partial charge in [0, 0.05) is 11.6 Å². The third-order valence-corrected chi connectivity index (χ3v) is 5.67. The van der Waals surface area contributed by atoms with Crippen molar-refractivity contribution < 1.29 is 10.3 Å². The lowest BCUT2D eigenvalue weighted by atomic mass is 9.67. The normalized spacial score (nSPS) is 37.7. The molecular weight excluding hydrogens is 252 g/mol.